The van der Waals surface area contributed by atoms with Crippen LogP contribution in [0.2, 0.25) is 0 Å². The van der Waals surface area contributed by atoms with Crippen molar-refractivity contribution in [2.45, 2.75) is 39.7 Å². The van der Waals surface area contributed by atoms with Gasteiger partial charge >= 0.3 is 5.97 Å². The molecule has 0 bridgehead atoms. The lowest BCUT2D eigenvalue weighted by Gasteiger charge is -2.34. The fourth-order valence-electron chi connectivity index (χ4n) is 2.08. The van der Waals surface area contributed by atoms with Gasteiger partial charge in [0.2, 0.25) is 5.91 Å². The van der Waals surface area contributed by atoms with Gasteiger partial charge in [-0.1, -0.05) is 13.8 Å². The summed E-state index contributed by atoms with van der Waals surface area (Å²) in [6.07, 6.45) is 1.75. The standard InChI is InChI=1S/C12H22N2O3/c1-8(2)9(10(15)16)14-11(17)12(3)5-4-6-13-7-12/h8-9,13H,4-7H2,1-3H3,(H,14,17)(H,15,16)/t9-,12?/m1/s1. The van der Waals surface area contributed by atoms with Crippen LogP contribution in [0.15, 0.2) is 0 Å². The molecule has 0 saturated carbocycles. The highest BCUT2D eigenvalue weighted by Crippen LogP contribution is 2.25. The van der Waals surface area contributed by atoms with Crippen LogP contribution in [0.25, 0.3) is 0 Å². The van der Waals surface area contributed by atoms with Crippen molar-refractivity contribution in [3.05, 3.63) is 0 Å². The molecule has 5 nitrogen and oxygen atoms in total. The van der Waals surface area contributed by atoms with E-state index in [0.29, 0.717) is 6.54 Å². The zero-order valence-corrected chi connectivity index (χ0v) is 10.7. The summed E-state index contributed by atoms with van der Waals surface area (Å²) in [5, 5.41) is 14.9. The summed E-state index contributed by atoms with van der Waals surface area (Å²) >= 11 is 0. The third-order valence-electron chi connectivity index (χ3n) is 3.36. The fraction of sp³-hybridized carbons (Fsp3) is 0.833. The molecule has 0 radical (unpaired) electrons. The normalized spacial score (nSPS) is 26.6. The monoisotopic (exact) mass is 242 g/mol. The number of nitrogens with one attached hydrogen (secondary N) is 2. The zero-order chi connectivity index (χ0) is 13.1. The third-order valence-corrected chi connectivity index (χ3v) is 3.36. The minimum absolute atomic E-state index is 0.114. The maximum Gasteiger partial charge on any atom is 0.326 e. The molecule has 0 aliphatic carbocycles. The van der Waals surface area contributed by atoms with E-state index in [9.17, 15) is 9.59 Å². The quantitative estimate of drug-likeness (QED) is 0.674. The molecule has 0 aromatic carbocycles. The van der Waals surface area contributed by atoms with Gasteiger partial charge in [-0.15, -0.1) is 0 Å². The van der Waals surface area contributed by atoms with E-state index < -0.39 is 17.4 Å². The van der Waals surface area contributed by atoms with Crippen LogP contribution in [0.3, 0.4) is 0 Å². The van der Waals surface area contributed by atoms with Crippen molar-refractivity contribution in [1.82, 2.24) is 10.6 Å². The van der Waals surface area contributed by atoms with Gasteiger partial charge in [0, 0.05) is 6.54 Å². The number of rotatable bonds is 4. The Kier molecular flexibility index (Phi) is 4.51. The predicted octanol–water partition coefficient (Wildman–Crippen LogP) is 0.601. The Hall–Kier alpha value is -1.10. The molecule has 0 aromatic heterocycles. The SMILES string of the molecule is CC(C)[C@@H](NC(=O)C1(C)CCCNC1)C(=O)O. The average molecular weight is 242 g/mol. The number of hydrogen-bond acceptors (Lipinski definition) is 3. The summed E-state index contributed by atoms with van der Waals surface area (Å²) in [7, 11) is 0. The number of aliphatic carboxylic acids is 1. The van der Waals surface area contributed by atoms with E-state index in [0.717, 1.165) is 19.4 Å². The van der Waals surface area contributed by atoms with Crippen LogP contribution in [0.5, 0.6) is 0 Å². The van der Waals surface area contributed by atoms with Crippen LogP contribution in [-0.4, -0.2) is 36.1 Å². The zero-order valence-electron chi connectivity index (χ0n) is 10.7. The van der Waals surface area contributed by atoms with Gasteiger partial charge in [0.25, 0.3) is 0 Å². The number of piperidine rings is 1. The number of carboxylic acid groups (broad SMARTS) is 1. The van der Waals surface area contributed by atoms with Crippen molar-refractivity contribution in [3.63, 3.8) is 0 Å². The summed E-state index contributed by atoms with van der Waals surface area (Å²) in [6.45, 7) is 7.01. The molecule has 1 fully saturated rings. The molecular formula is C12H22N2O3. The molecule has 1 heterocycles. The summed E-state index contributed by atoms with van der Waals surface area (Å²) in [5.74, 6) is -1.25. The van der Waals surface area contributed by atoms with Crippen molar-refractivity contribution in [1.29, 1.82) is 0 Å². The smallest absolute Gasteiger partial charge is 0.326 e. The molecule has 98 valence electrons. The molecule has 2 atom stereocenters. The summed E-state index contributed by atoms with van der Waals surface area (Å²) in [5.41, 5.74) is -0.485. The number of carbonyl (C=O) groups excluding carboxylic acids is 1. The second kappa shape index (κ2) is 5.49. The van der Waals surface area contributed by atoms with Gasteiger partial charge < -0.3 is 15.7 Å². The summed E-state index contributed by atoms with van der Waals surface area (Å²) in [4.78, 5) is 23.2. The van der Waals surface area contributed by atoms with Crippen molar-refractivity contribution < 1.29 is 14.7 Å². The van der Waals surface area contributed by atoms with Crippen LogP contribution >= 0.6 is 0 Å². The van der Waals surface area contributed by atoms with E-state index in [1.807, 2.05) is 6.92 Å². The summed E-state index contributed by atoms with van der Waals surface area (Å²) in [6, 6.07) is -0.804. The Bertz CT molecular complexity index is 296. The van der Waals surface area contributed by atoms with Crippen LogP contribution < -0.4 is 10.6 Å². The van der Waals surface area contributed by atoms with Gasteiger partial charge in [-0.25, -0.2) is 4.79 Å². The van der Waals surface area contributed by atoms with Crippen molar-refractivity contribution >= 4 is 11.9 Å². The van der Waals surface area contributed by atoms with E-state index in [2.05, 4.69) is 10.6 Å². The highest BCUT2D eigenvalue weighted by atomic mass is 16.4. The molecule has 1 aliphatic rings. The van der Waals surface area contributed by atoms with E-state index in [4.69, 9.17) is 5.11 Å². The Morgan fingerprint density at radius 3 is 2.47 bits per heavy atom. The average Bonchev–Trinajstić information content (AvgIpc) is 2.25. The third kappa shape index (κ3) is 3.43. The van der Waals surface area contributed by atoms with Crippen molar-refractivity contribution in [2.24, 2.45) is 11.3 Å². The first-order chi connectivity index (χ1) is 7.87. The Morgan fingerprint density at radius 1 is 1.41 bits per heavy atom. The number of hydrogen-bond donors (Lipinski definition) is 3. The number of amides is 1. The van der Waals surface area contributed by atoms with Gasteiger partial charge in [-0.2, -0.15) is 0 Å². The van der Waals surface area contributed by atoms with E-state index in [1.165, 1.54) is 0 Å². The first-order valence-corrected chi connectivity index (χ1v) is 6.11. The molecule has 1 rings (SSSR count). The minimum Gasteiger partial charge on any atom is -0.480 e. The summed E-state index contributed by atoms with van der Waals surface area (Å²) < 4.78 is 0. The molecule has 0 aromatic rings. The van der Waals surface area contributed by atoms with Crippen molar-refractivity contribution in [2.75, 3.05) is 13.1 Å². The Morgan fingerprint density at radius 2 is 2.06 bits per heavy atom. The highest BCUT2D eigenvalue weighted by Gasteiger charge is 2.37. The molecule has 3 N–H and O–H groups in total. The van der Waals surface area contributed by atoms with Crippen molar-refractivity contribution in [3.8, 4) is 0 Å². The van der Waals surface area contributed by atoms with Gasteiger partial charge in [0.15, 0.2) is 0 Å². The fourth-order valence-corrected chi connectivity index (χ4v) is 2.08. The topological polar surface area (TPSA) is 78.4 Å². The Balaban J connectivity index is 2.66. The number of carbonyl (C=O) groups is 2. The number of carboxylic acids is 1. The van der Waals surface area contributed by atoms with Crippen LogP contribution in [-0.2, 0) is 9.59 Å². The molecule has 1 aliphatic heterocycles. The lowest BCUT2D eigenvalue weighted by Crippen LogP contribution is -2.54. The largest absolute Gasteiger partial charge is 0.480 e. The predicted molar refractivity (Wildman–Crippen MR) is 64.6 cm³/mol. The molecule has 5 heteroatoms. The molecular weight excluding hydrogens is 220 g/mol. The van der Waals surface area contributed by atoms with E-state index in [-0.39, 0.29) is 11.8 Å². The highest BCUT2D eigenvalue weighted by molar-refractivity contribution is 5.87. The minimum atomic E-state index is -0.972. The maximum absolute atomic E-state index is 12.1. The molecule has 1 amide bonds. The maximum atomic E-state index is 12.1. The van der Waals surface area contributed by atoms with Crippen LogP contribution in [0, 0.1) is 11.3 Å². The van der Waals surface area contributed by atoms with Gasteiger partial charge in [0.1, 0.15) is 6.04 Å². The second-order valence-corrected chi connectivity index (χ2v) is 5.37. The molecule has 1 unspecified atom stereocenters. The van der Waals surface area contributed by atoms with E-state index >= 15 is 0 Å². The first-order valence-electron chi connectivity index (χ1n) is 6.11. The van der Waals surface area contributed by atoms with E-state index in [1.54, 1.807) is 13.8 Å². The van der Waals surface area contributed by atoms with Gasteiger partial charge in [-0.05, 0) is 32.2 Å². The van der Waals surface area contributed by atoms with Crippen LogP contribution in [0.1, 0.15) is 33.6 Å². The van der Waals surface area contributed by atoms with Gasteiger partial charge in [0.05, 0.1) is 5.41 Å². The van der Waals surface area contributed by atoms with Gasteiger partial charge in [-0.3, -0.25) is 4.79 Å². The molecule has 1 saturated heterocycles. The lowest BCUT2D eigenvalue weighted by molar-refractivity contribution is -0.145. The first kappa shape index (κ1) is 14.0. The van der Waals surface area contributed by atoms with Crippen LogP contribution in [0.4, 0.5) is 0 Å². The Labute approximate surface area is 102 Å². The molecule has 0 spiro atoms. The lowest BCUT2D eigenvalue weighted by atomic mass is 9.81. The second-order valence-electron chi connectivity index (χ2n) is 5.37. The molecule has 17 heavy (non-hydrogen) atoms.